The highest BCUT2D eigenvalue weighted by molar-refractivity contribution is 6.05. The molecular formula is C40H35N3O4. The van der Waals surface area contributed by atoms with Crippen molar-refractivity contribution in [2.24, 2.45) is 0 Å². The van der Waals surface area contributed by atoms with E-state index in [1.165, 1.54) is 5.56 Å². The first kappa shape index (κ1) is 30.1. The van der Waals surface area contributed by atoms with Crippen molar-refractivity contribution in [1.82, 2.24) is 9.97 Å². The fourth-order valence-electron chi connectivity index (χ4n) is 6.28. The predicted octanol–water partition coefficient (Wildman–Crippen LogP) is 9.03. The van der Waals surface area contributed by atoms with Gasteiger partial charge in [-0.2, -0.15) is 0 Å². The Labute approximate surface area is 272 Å². The summed E-state index contributed by atoms with van der Waals surface area (Å²) in [6, 6.07) is 30.8. The molecule has 7 rings (SSSR count). The first-order chi connectivity index (χ1) is 23.0. The Morgan fingerprint density at radius 3 is 1.91 bits per heavy atom. The summed E-state index contributed by atoms with van der Waals surface area (Å²) in [6.45, 7) is 8.09. The van der Waals surface area contributed by atoms with Crippen LogP contribution in [0.5, 0.6) is 0 Å². The third-order valence-electron chi connectivity index (χ3n) is 8.81. The molecule has 7 heteroatoms. The Hall–Kier alpha value is -5.56. The van der Waals surface area contributed by atoms with Crippen molar-refractivity contribution < 1.29 is 8.83 Å². The van der Waals surface area contributed by atoms with Gasteiger partial charge in [-0.1, -0.05) is 55.8 Å². The van der Waals surface area contributed by atoms with Crippen molar-refractivity contribution in [1.29, 1.82) is 0 Å². The summed E-state index contributed by atoms with van der Waals surface area (Å²) in [6.07, 6.45) is 3.20. The fourth-order valence-corrected chi connectivity index (χ4v) is 6.28. The van der Waals surface area contributed by atoms with E-state index >= 15 is 0 Å². The zero-order valence-corrected chi connectivity index (χ0v) is 26.7. The van der Waals surface area contributed by atoms with E-state index in [2.05, 4.69) is 37.8 Å². The third kappa shape index (κ3) is 5.69. The van der Waals surface area contributed by atoms with E-state index in [0.29, 0.717) is 45.1 Å². The Kier molecular flexibility index (Phi) is 8.12. The molecular weight excluding hydrogens is 586 g/mol. The van der Waals surface area contributed by atoms with Crippen LogP contribution in [0.15, 0.2) is 115 Å². The highest BCUT2D eigenvalue weighted by Crippen LogP contribution is 2.31. The number of anilines is 1. The Bertz CT molecular complexity index is 2390. The van der Waals surface area contributed by atoms with Crippen molar-refractivity contribution in [2.45, 2.75) is 40.0 Å². The molecule has 0 aliphatic carbocycles. The van der Waals surface area contributed by atoms with Crippen LogP contribution < -0.4 is 16.2 Å². The monoisotopic (exact) mass is 621 g/mol. The standard InChI is InChI=1S/C40H35N3O4/c1-4-7-11-25-12-8-13-30-29(25)21-19-27-23-32(40(45)47-38(27)30)34-15-10-17-36(42-34)35-16-9-14-33(41-35)31-22-26-18-20-28(43(5-2)6-3)24-37(26)46-39(31)44/h8-10,12-24H,4-7,11H2,1-3H3. The van der Waals surface area contributed by atoms with Crippen molar-refractivity contribution in [2.75, 3.05) is 18.0 Å². The lowest BCUT2D eigenvalue weighted by Gasteiger charge is -2.21. The number of rotatable bonds is 9. The summed E-state index contributed by atoms with van der Waals surface area (Å²) in [5.41, 5.74) is 5.31. The number of hydrogen-bond donors (Lipinski definition) is 0. The number of aryl methyl sites for hydroxylation is 1. The molecule has 7 nitrogen and oxygen atoms in total. The maximum absolute atomic E-state index is 13.4. The highest BCUT2D eigenvalue weighted by atomic mass is 16.4. The maximum Gasteiger partial charge on any atom is 0.345 e. The van der Waals surface area contributed by atoms with E-state index in [-0.39, 0.29) is 0 Å². The Morgan fingerprint density at radius 2 is 1.23 bits per heavy atom. The van der Waals surface area contributed by atoms with Crippen LogP contribution in [0.3, 0.4) is 0 Å². The average Bonchev–Trinajstić information content (AvgIpc) is 3.10. The molecule has 234 valence electrons. The van der Waals surface area contributed by atoms with E-state index < -0.39 is 11.3 Å². The van der Waals surface area contributed by atoms with Gasteiger partial charge in [-0.15, -0.1) is 0 Å². The van der Waals surface area contributed by atoms with Gasteiger partial charge in [0, 0.05) is 41.0 Å². The van der Waals surface area contributed by atoms with E-state index in [1.807, 2.05) is 72.8 Å². The van der Waals surface area contributed by atoms with Gasteiger partial charge in [0.25, 0.3) is 0 Å². The van der Waals surface area contributed by atoms with Crippen LogP contribution in [0, 0.1) is 0 Å². The molecule has 0 aliphatic heterocycles. The number of benzene rings is 3. The summed E-state index contributed by atoms with van der Waals surface area (Å²) in [4.78, 5) is 38.3. The fraction of sp³-hybridized carbons (Fsp3) is 0.200. The minimum absolute atomic E-state index is 0.367. The van der Waals surface area contributed by atoms with Crippen LogP contribution in [-0.4, -0.2) is 23.1 Å². The Balaban J connectivity index is 1.24. The van der Waals surface area contributed by atoms with E-state index in [9.17, 15) is 9.59 Å². The first-order valence-electron chi connectivity index (χ1n) is 16.2. The van der Waals surface area contributed by atoms with Gasteiger partial charge in [-0.05, 0) is 86.2 Å². The van der Waals surface area contributed by atoms with Crippen molar-refractivity contribution in [3.05, 3.63) is 123 Å². The maximum atomic E-state index is 13.4. The molecule has 0 atom stereocenters. The van der Waals surface area contributed by atoms with Crippen LogP contribution in [0.2, 0.25) is 0 Å². The van der Waals surface area contributed by atoms with Gasteiger partial charge >= 0.3 is 11.3 Å². The van der Waals surface area contributed by atoms with E-state index in [0.717, 1.165) is 59.6 Å². The second-order valence-corrected chi connectivity index (χ2v) is 11.7. The molecule has 4 heterocycles. The topological polar surface area (TPSA) is 89.4 Å². The second kappa shape index (κ2) is 12.7. The lowest BCUT2D eigenvalue weighted by Crippen LogP contribution is -2.21. The quantitative estimate of drug-likeness (QED) is 0.117. The molecule has 0 amide bonds. The molecule has 0 spiro atoms. The van der Waals surface area contributed by atoms with Gasteiger partial charge < -0.3 is 13.7 Å². The summed E-state index contributed by atoms with van der Waals surface area (Å²) < 4.78 is 11.7. The second-order valence-electron chi connectivity index (χ2n) is 11.7. The van der Waals surface area contributed by atoms with Crippen LogP contribution in [-0.2, 0) is 6.42 Å². The molecule has 7 aromatic rings. The van der Waals surface area contributed by atoms with Crippen LogP contribution in [0.25, 0.3) is 66.6 Å². The first-order valence-corrected chi connectivity index (χ1v) is 16.2. The molecule has 3 aromatic carbocycles. The van der Waals surface area contributed by atoms with Gasteiger partial charge in [0.2, 0.25) is 0 Å². The molecule has 0 N–H and O–H groups in total. The lowest BCUT2D eigenvalue weighted by atomic mass is 9.98. The molecule has 0 radical (unpaired) electrons. The largest absolute Gasteiger partial charge is 0.422 e. The molecule has 0 saturated heterocycles. The van der Waals surface area contributed by atoms with Gasteiger partial charge in [-0.3, -0.25) is 0 Å². The SMILES string of the molecule is CCCCc1cccc2c1ccc1cc(-c3cccc(-c4cccc(-c5cc6ccc(N(CC)CC)cc6oc5=O)n4)n3)c(=O)oc12. The molecule has 0 unspecified atom stereocenters. The van der Waals surface area contributed by atoms with Gasteiger partial charge in [0.15, 0.2) is 0 Å². The molecule has 0 saturated carbocycles. The smallest absolute Gasteiger partial charge is 0.345 e. The average molecular weight is 622 g/mol. The van der Waals surface area contributed by atoms with Crippen LogP contribution >= 0.6 is 0 Å². The number of aromatic nitrogens is 2. The van der Waals surface area contributed by atoms with Crippen molar-refractivity contribution in [3.8, 4) is 33.9 Å². The van der Waals surface area contributed by atoms with Gasteiger partial charge in [-0.25, -0.2) is 19.6 Å². The normalized spacial score (nSPS) is 11.5. The number of unbranched alkanes of at least 4 members (excludes halogenated alkanes) is 1. The van der Waals surface area contributed by atoms with E-state index in [1.54, 1.807) is 12.1 Å². The molecule has 0 aliphatic rings. The minimum atomic E-state index is -0.459. The molecule has 4 aromatic heterocycles. The van der Waals surface area contributed by atoms with E-state index in [4.69, 9.17) is 18.8 Å². The van der Waals surface area contributed by atoms with Crippen molar-refractivity contribution in [3.63, 3.8) is 0 Å². The molecule has 0 fully saturated rings. The van der Waals surface area contributed by atoms with Crippen LogP contribution in [0.1, 0.15) is 39.2 Å². The minimum Gasteiger partial charge on any atom is -0.422 e. The summed E-state index contributed by atoms with van der Waals surface area (Å²) in [7, 11) is 0. The number of pyridine rings is 2. The van der Waals surface area contributed by atoms with Gasteiger partial charge in [0.05, 0.1) is 33.9 Å². The zero-order chi connectivity index (χ0) is 32.5. The third-order valence-corrected chi connectivity index (χ3v) is 8.81. The van der Waals surface area contributed by atoms with Crippen LogP contribution in [0.4, 0.5) is 5.69 Å². The highest BCUT2D eigenvalue weighted by Gasteiger charge is 2.16. The van der Waals surface area contributed by atoms with Crippen molar-refractivity contribution >= 4 is 38.4 Å². The number of fused-ring (bicyclic) bond motifs is 4. The molecule has 0 bridgehead atoms. The summed E-state index contributed by atoms with van der Waals surface area (Å²) in [5.74, 6) is 0. The predicted molar refractivity (Wildman–Crippen MR) is 190 cm³/mol. The lowest BCUT2D eigenvalue weighted by molar-refractivity contribution is 0.563. The molecule has 47 heavy (non-hydrogen) atoms. The number of hydrogen-bond acceptors (Lipinski definition) is 7. The zero-order valence-electron chi connectivity index (χ0n) is 26.7. The summed E-state index contributed by atoms with van der Waals surface area (Å²) >= 11 is 0. The Morgan fingerprint density at radius 1 is 0.617 bits per heavy atom. The summed E-state index contributed by atoms with van der Waals surface area (Å²) in [5, 5.41) is 3.69. The number of nitrogens with zero attached hydrogens (tertiary/aromatic N) is 3. The van der Waals surface area contributed by atoms with Gasteiger partial charge in [0.1, 0.15) is 11.2 Å².